The molecule has 2 aromatic rings. The molecular formula is C19H26N4OS. The van der Waals surface area contributed by atoms with Crippen LogP contribution in [0.2, 0.25) is 0 Å². The van der Waals surface area contributed by atoms with Crippen LogP contribution in [-0.4, -0.2) is 34.9 Å². The Balaban J connectivity index is 1.50. The van der Waals surface area contributed by atoms with Crippen LogP contribution in [0.5, 0.6) is 0 Å². The van der Waals surface area contributed by atoms with Crippen LogP contribution in [0.4, 0.5) is 5.13 Å². The number of piperidine rings is 1. The number of rotatable bonds is 6. The first kappa shape index (κ1) is 17.9. The van der Waals surface area contributed by atoms with E-state index in [-0.39, 0.29) is 11.8 Å². The molecule has 1 amide bonds. The number of nitrogens with zero attached hydrogens (tertiary/aromatic N) is 2. The van der Waals surface area contributed by atoms with Crippen LogP contribution < -0.4 is 11.1 Å². The van der Waals surface area contributed by atoms with Crippen molar-refractivity contribution in [1.82, 2.24) is 15.2 Å². The van der Waals surface area contributed by atoms with Crippen molar-refractivity contribution in [2.45, 2.75) is 44.7 Å². The number of amides is 1. The summed E-state index contributed by atoms with van der Waals surface area (Å²) >= 11 is 1.53. The van der Waals surface area contributed by atoms with E-state index in [9.17, 15) is 4.79 Å². The Morgan fingerprint density at radius 1 is 1.36 bits per heavy atom. The lowest BCUT2D eigenvalue weighted by molar-refractivity contribution is -0.134. The molecule has 3 rings (SSSR count). The smallest absolute Gasteiger partial charge is 0.230 e. The van der Waals surface area contributed by atoms with Crippen molar-refractivity contribution in [2.24, 2.45) is 0 Å². The minimum absolute atomic E-state index is 0.0223. The largest absolute Gasteiger partial charge is 0.375 e. The molecule has 25 heavy (non-hydrogen) atoms. The zero-order valence-corrected chi connectivity index (χ0v) is 15.5. The van der Waals surface area contributed by atoms with Crippen molar-refractivity contribution in [3.8, 4) is 0 Å². The lowest BCUT2D eigenvalue weighted by Crippen LogP contribution is -2.46. The van der Waals surface area contributed by atoms with Crippen molar-refractivity contribution in [1.29, 1.82) is 0 Å². The van der Waals surface area contributed by atoms with Gasteiger partial charge in [-0.3, -0.25) is 4.79 Å². The third kappa shape index (κ3) is 4.58. The van der Waals surface area contributed by atoms with E-state index in [0.29, 0.717) is 11.2 Å². The lowest BCUT2D eigenvalue weighted by Gasteiger charge is -2.34. The molecule has 1 unspecified atom stereocenters. The van der Waals surface area contributed by atoms with E-state index in [1.54, 1.807) is 0 Å². The number of carbonyl (C=O) groups is 1. The molecule has 1 aromatic heterocycles. The molecule has 5 nitrogen and oxygen atoms in total. The van der Waals surface area contributed by atoms with E-state index in [4.69, 9.17) is 5.73 Å². The normalized spacial score (nSPS) is 16.8. The monoisotopic (exact) mass is 358 g/mol. The van der Waals surface area contributed by atoms with Gasteiger partial charge in [0.2, 0.25) is 5.91 Å². The van der Waals surface area contributed by atoms with E-state index in [2.05, 4.69) is 29.4 Å². The standard InChI is InChI=1S/C19H26N4OS/c1-2-17(14-6-4-3-5-7-14)18(24)23-10-8-15(9-11-23)21-12-16-13-22-19(20)25-16/h3-7,13,15,17,21H,2,8-12H2,1H3,(H2,20,22). The minimum Gasteiger partial charge on any atom is -0.375 e. The zero-order valence-electron chi connectivity index (χ0n) is 14.6. The highest BCUT2D eigenvalue weighted by atomic mass is 32.1. The summed E-state index contributed by atoms with van der Waals surface area (Å²) in [6, 6.07) is 10.6. The molecule has 3 N–H and O–H groups in total. The number of nitrogen functional groups attached to an aromatic ring is 1. The van der Waals surface area contributed by atoms with Gasteiger partial charge in [-0.05, 0) is 24.8 Å². The third-order valence-electron chi connectivity index (χ3n) is 4.85. The van der Waals surface area contributed by atoms with E-state index >= 15 is 0 Å². The number of nitrogens with two attached hydrogens (primary N) is 1. The average molecular weight is 359 g/mol. The highest BCUT2D eigenvalue weighted by Crippen LogP contribution is 2.24. The number of aromatic nitrogens is 1. The fraction of sp³-hybridized carbons (Fsp3) is 0.474. The van der Waals surface area contributed by atoms with Gasteiger partial charge < -0.3 is 16.0 Å². The summed E-state index contributed by atoms with van der Waals surface area (Å²) in [5, 5.41) is 4.18. The van der Waals surface area contributed by atoms with E-state index in [1.165, 1.54) is 11.3 Å². The van der Waals surface area contributed by atoms with Crippen LogP contribution in [0.1, 0.15) is 42.5 Å². The summed E-state index contributed by atoms with van der Waals surface area (Å²) in [6.07, 6.45) is 4.65. The molecule has 1 atom stereocenters. The Morgan fingerprint density at radius 3 is 2.68 bits per heavy atom. The summed E-state index contributed by atoms with van der Waals surface area (Å²) in [5.41, 5.74) is 6.79. The SMILES string of the molecule is CCC(C(=O)N1CCC(NCc2cnc(N)s2)CC1)c1ccccc1. The Morgan fingerprint density at radius 2 is 2.08 bits per heavy atom. The predicted molar refractivity (Wildman–Crippen MR) is 102 cm³/mol. The molecule has 1 aliphatic rings. The number of likely N-dealkylation sites (tertiary alicyclic amines) is 1. The van der Waals surface area contributed by atoms with Gasteiger partial charge in [0, 0.05) is 36.8 Å². The minimum atomic E-state index is -0.0223. The second kappa shape index (κ2) is 8.45. The zero-order chi connectivity index (χ0) is 17.6. The van der Waals surface area contributed by atoms with Gasteiger partial charge in [0.05, 0.1) is 5.92 Å². The van der Waals surface area contributed by atoms with E-state index in [0.717, 1.165) is 49.3 Å². The van der Waals surface area contributed by atoms with Gasteiger partial charge in [-0.15, -0.1) is 11.3 Å². The van der Waals surface area contributed by atoms with Gasteiger partial charge in [0.25, 0.3) is 0 Å². The summed E-state index contributed by atoms with van der Waals surface area (Å²) in [5.74, 6) is 0.244. The molecule has 1 saturated heterocycles. The summed E-state index contributed by atoms with van der Waals surface area (Å²) < 4.78 is 0. The van der Waals surface area contributed by atoms with Crippen molar-refractivity contribution >= 4 is 22.4 Å². The van der Waals surface area contributed by atoms with Crippen LogP contribution in [-0.2, 0) is 11.3 Å². The van der Waals surface area contributed by atoms with Crippen LogP contribution >= 0.6 is 11.3 Å². The van der Waals surface area contributed by atoms with Crippen LogP contribution in [0.15, 0.2) is 36.5 Å². The Hall–Kier alpha value is -1.92. The summed E-state index contributed by atoms with van der Waals surface area (Å²) in [7, 11) is 0. The van der Waals surface area contributed by atoms with E-state index in [1.807, 2.05) is 29.3 Å². The topological polar surface area (TPSA) is 71.2 Å². The third-order valence-corrected chi connectivity index (χ3v) is 5.68. The first-order chi connectivity index (χ1) is 12.2. The summed E-state index contributed by atoms with van der Waals surface area (Å²) in [4.78, 5) is 20.2. The maximum atomic E-state index is 12.9. The molecule has 6 heteroatoms. The number of thiazole rings is 1. The number of nitrogens with one attached hydrogen (secondary N) is 1. The Kier molecular flexibility index (Phi) is 6.04. The first-order valence-corrected chi connectivity index (χ1v) is 9.76. The second-order valence-corrected chi connectivity index (χ2v) is 7.66. The quantitative estimate of drug-likeness (QED) is 0.833. The van der Waals surface area contributed by atoms with Gasteiger partial charge >= 0.3 is 0 Å². The average Bonchev–Trinajstić information content (AvgIpc) is 3.07. The second-order valence-electron chi connectivity index (χ2n) is 6.52. The molecule has 0 bridgehead atoms. The predicted octanol–water partition coefficient (Wildman–Crippen LogP) is 3.00. The van der Waals surface area contributed by atoms with Gasteiger partial charge in [0.1, 0.15) is 0 Å². The molecule has 1 aromatic carbocycles. The van der Waals surface area contributed by atoms with Gasteiger partial charge in [-0.1, -0.05) is 37.3 Å². The molecule has 134 valence electrons. The molecule has 0 radical (unpaired) electrons. The van der Waals surface area contributed by atoms with Gasteiger partial charge in [0.15, 0.2) is 5.13 Å². The van der Waals surface area contributed by atoms with Crippen LogP contribution in [0.3, 0.4) is 0 Å². The molecule has 0 spiro atoms. The van der Waals surface area contributed by atoms with Crippen LogP contribution in [0.25, 0.3) is 0 Å². The van der Waals surface area contributed by atoms with Crippen molar-refractivity contribution in [3.63, 3.8) is 0 Å². The summed E-state index contributed by atoms with van der Waals surface area (Å²) in [6.45, 7) is 4.54. The Bertz CT molecular complexity index is 680. The van der Waals surface area contributed by atoms with Crippen molar-refractivity contribution in [2.75, 3.05) is 18.8 Å². The molecule has 1 aliphatic heterocycles. The number of benzene rings is 1. The maximum Gasteiger partial charge on any atom is 0.230 e. The maximum absolute atomic E-state index is 12.9. The number of carbonyl (C=O) groups excluding carboxylic acids is 1. The van der Waals surface area contributed by atoms with Crippen molar-refractivity contribution < 1.29 is 4.79 Å². The van der Waals surface area contributed by atoms with Gasteiger partial charge in [-0.2, -0.15) is 0 Å². The first-order valence-electron chi connectivity index (χ1n) is 8.94. The number of hydrogen-bond acceptors (Lipinski definition) is 5. The molecule has 2 heterocycles. The highest BCUT2D eigenvalue weighted by Gasteiger charge is 2.28. The van der Waals surface area contributed by atoms with Crippen molar-refractivity contribution in [3.05, 3.63) is 47.0 Å². The molecular weight excluding hydrogens is 332 g/mol. The fourth-order valence-electron chi connectivity index (χ4n) is 3.41. The van der Waals surface area contributed by atoms with Crippen LogP contribution in [0, 0.1) is 0 Å². The number of anilines is 1. The Labute approximate surface area is 153 Å². The fourth-order valence-corrected chi connectivity index (χ4v) is 4.05. The number of hydrogen-bond donors (Lipinski definition) is 2. The van der Waals surface area contributed by atoms with E-state index < -0.39 is 0 Å². The van der Waals surface area contributed by atoms with Gasteiger partial charge in [-0.25, -0.2) is 4.98 Å². The lowest BCUT2D eigenvalue weighted by atomic mass is 9.93. The highest BCUT2D eigenvalue weighted by molar-refractivity contribution is 7.15. The molecule has 0 saturated carbocycles. The molecule has 0 aliphatic carbocycles. The molecule has 1 fully saturated rings.